The van der Waals surface area contributed by atoms with Crippen LogP contribution in [-0.2, 0) is 0 Å². The summed E-state index contributed by atoms with van der Waals surface area (Å²) in [6.45, 7) is 5.33. The molecule has 108 valence electrons. The molecule has 0 radical (unpaired) electrons. The number of carbonyl (C=O) groups excluding carboxylic acids is 1. The molecular weight excluding hydrogens is 274 g/mol. The molecule has 3 rings (SSSR count). The number of amides is 1. The molecule has 0 fully saturated rings. The summed E-state index contributed by atoms with van der Waals surface area (Å²) >= 11 is 0. The number of nitrogens with one attached hydrogen (secondary N) is 2. The van der Waals surface area contributed by atoms with Gasteiger partial charge in [-0.3, -0.25) is 4.79 Å². The molecule has 21 heavy (non-hydrogen) atoms. The minimum absolute atomic E-state index is 0.269. The second-order valence-corrected chi connectivity index (χ2v) is 4.72. The van der Waals surface area contributed by atoms with Crippen molar-refractivity contribution >= 4 is 17.0 Å². The molecule has 3 aromatic heterocycles. The largest absolute Gasteiger partial charge is 0.342 e. The topological polar surface area (TPSA) is 122 Å². The van der Waals surface area contributed by atoms with Crippen LogP contribution in [0.2, 0.25) is 0 Å². The molecule has 0 aliphatic carbocycles. The standard InChI is InChI=1S/C12H13N7O2/c1-5-4-8(9-6(2)17-21-12(9)13-5)11(20)14-7(3)10-15-18-19-16-10/h4,7H,1-3H3,(H,14,20)(H,15,16,18,19). The number of rotatable bonds is 3. The van der Waals surface area contributed by atoms with Gasteiger partial charge in [0.05, 0.1) is 22.7 Å². The van der Waals surface area contributed by atoms with E-state index in [0.717, 1.165) is 0 Å². The number of nitrogens with zero attached hydrogens (tertiary/aromatic N) is 5. The van der Waals surface area contributed by atoms with E-state index in [1.807, 2.05) is 0 Å². The van der Waals surface area contributed by atoms with E-state index in [1.54, 1.807) is 26.8 Å². The Hall–Kier alpha value is -2.84. The van der Waals surface area contributed by atoms with Gasteiger partial charge in [0.25, 0.3) is 11.6 Å². The van der Waals surface area contributed by atoms with Crippen molar-refractivity contribution in [3.63, 3.8) is 0 Å². The quantitative estimate of drug-likeness (QED) is 0.731. The molecule has 0 aliphatic heterocycles. The Bertz CT molecular complexity index is 793. The van der Waals surface area contributed by atoms with Crippen LogP contribution in [0.4, 0.5) is 0 Å². The first-order chi connectivity index (χ1) is 10.1. The highest BCUT2D eigenvalue weighted by molar-refractivity contribution is 6.06. The lowest BCUT2D eigenvalue weighted by atomic mass is 10.1. The lowest BCUT2D eigenvalue weighted by Crippen LogP contribution is -2.27. The fourth-order valence-electron chi connectivity index (χ4n) is 2.09. The lowest BCUT2D eigenvalue weighted by Gasteiger charge is -2.10. The zero-order chi connectivity index (χ0) is 15.0. The average Bonchev–Trinajstić information content (AvgIpc) is 3.08. The smallest absolute Gasteiger partial charge is 0.258 e. The van der Waals surface area contributed by atoms with Crippen LogP contribution >= 0.6 is 0 Å². The highest BCUT2D eigenvalue weighted by Gasteiger charge is 2.20. The van der Waals surface area contributed by atoms with Crippen LogP contribution in [0.5, 0.6) is 0 Å². The summed E-state index contributed by atoms with van der Waals surface area (Å²) < 4.78 is 5.12. The van der Waals surface area contributed by atoms with Gasteiger partial charge < -0.3 is 9.84 Å². The Morgan fingerprint density at radius 1 is 1.43 bits per heavy atom. The first-order valence-electron chi connectivity index (χ1n) is 6.34. The third-order valence-corrected chi connectivity index (χ3v) is 3.09. The van der Waals surface area contributed by atoms with Gasteiger partial charge >= 0.3 is 0 Å². The number of aromatic nitrogens is 6. The van der Waals surface area contributed by atoms with Gasteiger partial charge in [0.2, 0.25) is 0 Å². The molecule has 2 N–H and O–H groups in total. The number of hydrogen-bond donors (Lipinski definition) is 2. The zero-order valence-electron chi connectivity index (χ0n) is 11.7. The minimum atomic E-state index is -0.375. The number of aryl methyl sites for hydroxylation is 2. The Morgan fingerprint density at radius 2 is 2.24 bits per heavy atom. The fourth-order valence-corrected chi connectivity index (χ4v) is 2.09. The van der Waals surface area contributed by atoms with Crippen LogP contribution in [0.3, 0.4) is 0 Å². The maximum absolute atomic E-state index is 12.5. The molecule has 0 bridgehead atoms. The summed E-state index contributed by atoms with van der Waals surface area (Å²) in [5.74, 6) is 0.140. The maximum Gasteiger partial charge on any atom is 0.258 e. The van der Waals surface area contributed by atoms with Gasteiger partial charge in [0, 0.05) is 5.69 Å². The van der Waals surface area contributed by atoms with Gasteiger partial charge in [-0.2, -0.15) is 5.21 Å². The molecule has 3 aromatic rings. The van der Waals surface area contributed by atoms with Crippen molar-refractivity contribution in [3.05, 3.63) is 28.8 Å². The Labute approximate surface area is 119 Å². The molecule has 1 unspecified atom stereocenters. The molecule has 0 saturated carbocycles. The summed E-state index contributed by atoms with van der Waals surface area (Å²) in [7, 11) is 0. The Morgan fingerprint density at radius 3 is 2.95 bits per heavy atom. The molecule has 0 aromatic carbocycles. The van der Waals surface area contributed by atoms with Crippen molar-refractivity contribution in [2.24, 2.45) is 0 Å². The van der Waals surface area contributed by atoms with Crippen molar-refractivity contribution < 1.29 is 9.32 Å². The second-order valence-electron chi connectivity index (χ2n) is 4.72. The molecule has 1 atom stereocenters. The number of H-pyrrole nitrogens is 1. The van der Waals surface area contributed by atoms with Crippen LogP contribution in [0.15, 0.2) is 10.6 Å². The molecule has 3 heterocycles. The van der Waals surface area contributed by atoms with Crippen molar-refractivity contribution in [2.45, 2.75) is 26.8 Å². The van der Waals surface area contributed by atoms with E-state index in [9.17, 15) is 4.79 Å². The van der Waals surface area contributed by atoms with Gasteiger partial charge in [-0.1, -0.05) is 10.4 Å². The lowest BCUT2D eigenvalue weighted by molar-refractivity contribution is 0.0939. The summed E-state index contributed by atoms with van der Waals surface area (Å²) in [5.41, 5.74) is 2.11. The van der Waals surface area contributed by atoms with E-state index in [0.29, 0.717) is 33.9 Å². The molecular formula is C12H13N7O2. The van der Waals surface area contributed by atoms with Crippen molar-refractivity contribution in [1.82, 2.24) is 36.1 Å². The fraction of sp³-hybridized carbons (Fsp3) is 0.333. The van der Waals surface area contributed by atoms with E-state index in [2.05, 4.69) is 36.1 Å². The maximum atomic E-state index is 12.5. The van der Waals surface area contributed by atoms with E-state index in [1.165, 1.54) is 0 Å². The summed E-state index contributed by atoms with van der Waals surface area (Å²) in [6.07, 6.45) is 0. The van der Waals surface area contributed by atoms with Crippen molar-refractivity contribution in [3.8, 4) is 0 Å². The highest BCUT2D eigenvalue weighted by atomic mass is 16.5. The normalized spacial score (nSPS) is 12.5. The zero-order valence-corrected chi connectivity index (χ0v) is 11.7. The summed E-state index contributed by atoms with van der Waals surface area (Å²) in [6, 6.07) is 1.32. The van der Waals surface area contributed by atoms with Crippen LogP contribution in [-0.4, -0.2) is 36.7 Å². The molecule has 0 spiro atoms. The predicted molar refractivity (Wildman–Crippen MR) is 71.3 cm³/mol. The van der Waals surface area contributed by atoms with E-state index in [4.69, 9.17) is 4.52 Å². The van der Waals surface area contributed by atoms with Crippen LogP contribution < -0.4 is 5.32 Å². The van der Waals surface area contributed by atoms with Crippen molar-refractivity contribution in [2.75, 3.05) is 0 Å². The third-order valence-electron chi connectivity index (χ3n) is 3.09. The number of tetrazole rings is 1. The second kappa shape index (κ2) is 4.93. The molecule has 1 amide bonds. The van der Waals surface area contributed by atoms with Gasteiger partial charge in [-0.25, -0.2) is 4.98 Å². The Balaban J connectivity index is 1.96. The molecule has 9 nitrogen and oxygen atoms in total. The number of carbonyl (C=O) groups is 1. The Kier molecular flexibility index (Phi) is 3.09. The van der Waals surface area contributed by atoms with Crippen LogP contribution in [0.25, 0.3) is 11.1 Å². The molecule has 9 heteroatoms. The highest BCUT2D eigenvalue weighted by Crippen LogP contribution is 2.22. The van der Waals surface area contributed by atoms with E-state index < -0.39 is 0 Å². The van der Waals surface area contributed by atoms with Crippen molar-refractivity contribution in [1.29, 1.82) is 0 Å². The van der Waals surface area contributed by atoms with Crippen LogP contribution in [0, 0.1) is 13.8 Å². The number of fused-ring (bicyclic) bond motifs is 1. The SMILES string of the molecule is Cc1cc(C(=O)NC(C)c2nn[nH]n2)c2c(C)noc2n1. The predicted octanol–water partition coefficient (Wildman–Crippen LogP) is 0.844. The molecule has 0 aliphatic rings. The summed E-state index contributed by atoms with van der Waals surface area (Å²) in [4.78, 5) is 16.7. The minimum Gasteiger partial charge on any atom is -0.342 e. The van der Waals surface area contributed by atoms with E-state index in [-0.39, 0.29) is 11.9 Å². The molecule has 0 saturated heterocycles. The monoisotopic (exact) mass is 287 g/mol. The van der Waals surface area contributed by atoms with Gasteiger partial charge in [0.1, 0.15) is 0 Å². The third kappa shape index (κ3) is 2.33. The van der Waals surface area contributed by atoms with Gasteiger partial charge in [-0.15, -0.1) is 10.2 Å². The number of aromatic amines is 1. The van der Waals surface area contributed by atoms with Gasteiger partial charge in [-0.05, 0) is 26.8 Å². The van der Waals surface area contributed by atoms with E-state index >= 15 is 0 Å². The van der Waals surface area contributed by atoms with Crippen LogP contribution in [0.1, 0.15) is 40.5 Å². The number of hydrogen-bond acceptors (Lipinski definition) is 7. The summed E-state index contributed by atoms with van der Waals surface area (Å²) in [5, 5.41) is 20.8. The first kappa shape index (κ1) is 13.2. The number of pyridine rings is 1. The average molecular weight is 287 g/mol. The first-order valence-corrected chi connectivity index (χ1v) is 6.34. The van der Waals surface area contributed by atoms with Gasteiger partial charge in [0.15, 0.2) is 5.82 Å².